The highest BCUT2D eigenvalue weighted by molar-refractivity contribution is 5.77. The molecule has 168 valence electrons. The molecule has 0 aliphatic rings. The lowest BCUT2D eigenvalue weighted by Crippen LogP contribution is -2.12. The summed E-state index contributed by atoms with van der Waals surface area (Å²) >= 11 is 0. The van der Waals surface area contributed by atoms with Gasteiger partial charge in [-0.3, -0.25) is 4.79 Å². The summed E-state index contributed by atoms with van der Waals surface area (Å²) in [5, 5.41) is 4.67. The molecule has 0 bridgehead atoms. The molecule has 0 N–H and O–H groups in total. The number of benzene rings is 3. The van der Waals surface area contributed by atoms with Crippen molar-refractivity contribution in [2.75, 3.05) is 0 Å². The number of nitrogens with zero attached hydrogens (tertiary/aromatic N) is 2. The first-order valence-electron chi connectivity index (χ1n) is 10.4. The van der Waals surface area contributed by atoms with E-state index in [1.807, 2.05) is 37.3 Å². The maximum atomic E-state index is 13.9. The van der Waals surface area contributed by atoms with Gasteiger partial charge in [0.2, 0.25) is 0 Å². The smallest absolute Gasteiger partial charge is 0.418 e. The highest BCUT2D eigenvalue weighted by Gasteiger charge is 2.35. The zero-order valence-electron chi connectivity index (χ0n) is 18.1. The normalized spacial score (nSPS) is 11.4. The Morgan fingerprint density at radius 2 is 1.55 bits per heavy atom. The monoisotopic (exact) mass is 450 g/mol. The molecule has 7 heteroatoms. The average molecular weight is 450 g/mol. The van der Waals surface area contributed by atoms with Crippen molar-refractivity contribution in [1.29, 1.82) is 0 Å². The number of aromatic nitrogens is 2. The van der Waals surface area contributed by atoms with Crippen LogP contribution < -0.4 is 4.74 Å². The molecule has 33 heavy (non-hydrogen) atoms. The van der Waals surface area contributed by atoms with Crippen molar-refractivity contribution in [3.05, 3.63) is 90.0 Å². The first-order chi connectivity index (χ1) is 15.8. The van der Waals surface area contributed by atoms with Crippen molar-refractivity contribution in [3.63, 3.8) is 0 Å². The van der Waals surface area contributed by atoms with Gasteiger partial charge in [-0.05, 0) is 42.8 Å². The Bertz CT molecular complexity index is 1280. The van der Waals surface area contributed by atoms with Gasteiger partial charge in [0.15, 0.2) is 0 Å². The predicted octanol–water partition coefficient (Wildman–Crippen LogP) is 6.71. The fourth-order valence-electron chi connectivity index (χ4n) is 3.83. The van der Waals surface area contributed by atoms with Crippen molar-refractivity contribution in [1.82, 2.24) is 9.78 Å². The van der Waals surface area contributed by atoms with Crippen LogP contribution in [0.5, 0.6) is 5.75 Å². The fourth-order valence-corrected chi connectivity index (χ4v) is 3.83. The molecule has 1 heterocycles. The number of carbonyl (C=O) groups excluding carboxylic acids is 1. The molecule has 0 fully saturated rings. The summed E-state index contributed by atoms with van der Waals surface area (Å²) in [5.74, 6) is -0.0955. The molecule has 0 saturated carbocycles. The van der Waals surface area contributed by atoms with Gasteiger partial charge < -0.3 is 4.74 Å². The lowest BCUT2D eigenvalue weighted by molar-refractivity contribution is -0.137. The van der Waals surface area contributed by atoms with E-state index in [-0.39, 0.29) is 5.69 Å². The van der Waals surface area contributed by atoms with Crippen LogP contribution in [0, 0.1) is 0 Å². The summed E-state index contributed by atoms with van der Waals surface area (Å²) in [4.78, 5) is 11.3. The molecule has 1 aromatic heterocycles. The quantitative estimate of drug-likeness (QED) is 0.251. The summed E-state index contributed by atoms with van der Waals surface area (Å²) in [6.45, 7) is 3.25. The SMILES string of the molecule is CCc1c(-c2ccccc2)nn(-c2ccccc2C(F)(F)F)c1-c1ccc(OC(C)=O)cc1. The molecule has 0 saturated heterocycles. The molecule has 0 aliphatic heterocycles. The number of carbonyl (C=O) groups is 1. The van der Waals surface area contributed by atoms with E-state index in [0.29, 0.717) is 29.1 Å². The Morgan fingerprint density at radius 3 is 2.15 bits per heavy atom. The molecule has 3 aromatic carbocycles. The van der Waals surface area contributed by atoms with E-state index in [1.165, 1.54) is 23.7 Å². The second-order valence-corrected chi connectivity index (χ2v) is 7.44. The molecular formula is C26H21F3N2O2. The van der Waals surface area contributed by atoms with Gasteiger partial charge in [-0.25, -0.2) is 4.68 Å². The third-order valence-corrected chi connectivity index (χ3v) is 5.21. The predicted molar refractivity (Wildman–Crippen MR) is 120 cm³/mol. The molecule has 0 amide bonds. The lowest BCUT2D eigenvalue weighted by Gasteiger charge is -2.15. The lowest BCUT2D eigenvalue weighted by atomic mass is 9.99. The molecule has 0 unspecified atom stereocenters. The third kappa shape index (κ3) is 4.53. The Morgan fingerprint density at radius 1 is 0.909 bits per heavy atom. The number of alkyl halides is 3. The number of esters is 1. The largest absolute Gasteiger partial charge is 0.427 e. The van der Waals surface area contributed by atoms with Crippen LogP contribution in [0.1, 0.15) is 25.0 Å². The maximum absolute atomic E-state index is 13.9. The van der Waals surface area contributed by atoms with Crippen molar-refractivity contribution < 1.29 is 22.7 Å². The highest BCUT2D eigenvalue weighted by Crippen LogP contribution is 2.39. The van der Waals surface area contributed by atoms with Gasteiger partial charge in [0.1, 0.15) is 5.75 Å². The van der Waals surface area contributed by atoms with E-state index in [9.17, 15) is 18.0 Å². The van der Waals surface area contributed by atoms with Crippen molar-refractivity contribution in [2.45, 2.75) is 26.4 Å². The van der Waals surface area contributed by atoms with Gasteiger partial charge in [0, 0.05) is 23.6 Å². The van der Waals surface area contributed by atoms with Crippen LogP contribution in [-0.2, 0) is 17.4 Å². The molecule has 4 nitrogen and oxygen atoms in total. The fraction of sp³-hybridized carbons (Fsp3) is 0.154. The Labute approximate surface area is 189 Å². The number of hydrogen-bond acceptors (Lipinski definition) is 3. The zero-order chi connectivity index (χ0) is 23.6. The van der Waals surface area contributed by atoms with E-state index in [0.717, 1.165) is 17.2 Å². The van der Waals surface area contributed by atoms with Gasteiger partial charge in [-0.2, -0.15) is 18.3 Å². The summed E-state index contributed by atoms with van der Waals surface area (Å²) < 4.78 is 48.1. The molecule has 0 atom stereocenters. The van der Waals surface area contributed by atoms with Crippen LogP contribution in [0.4, 0.5) is 13.2 Å². The highest BCUT2D eigenvalue weighted by atomic mass is 19.4. The van der Waals surface area contributed by atoms with Crippen molar-refractivity contribution in [2.24, 2.45) is 0 Å². The minimum atomic E-state index is -4.54. The average Bonchev–Trinajstić information content (AvgIpc) is 3.19. The molecule has 4 aromatic rings. The Balaban J connectivity index is 1.99. The third-order valence-electron chi connectivity index (χ3n) is 5.21. The molecule has 0 aliphatic carbocycles. The second kappa shape index (κ2) is 8.94. The Kier molecular flexibility index (Phi) is 6.05. The van der Waals surface area contributed by atoms with E-state index in [2.05, 4.69) is 5.10 Å². The number of ether oxygens (including phenoxy) is 1. The maximum Gasteiger partial charge on any atom is 0.418 e. The number of rotatable bonds is 5. The molecule has 0 spiro atoms. The first-order valence-corrected chi connectivity index (χ1v) is 10.4. The summed E-state index contributed by atoms with van der Waals surface area (Å²) in [5.41, 5.74) is 2.65. The van der Waals surface area contributed by atoms with Crippen LogP contribution in [0.3, 0.4) is 0 Å². The summed E-state index contributed by atoms with van der Waals surface area (Å²) in [6, 6.07) is 21.4. The van der Waals surface area contributed by atoms with E-state index in [1.54, 1.807) is 30.3 Å². The van der Waals surface area contributed by atoms with Gasteiger partial charge in [-0.1, -0.05) is 49.4 Å². The summed E-state index contributed by atoms with van der Waals surface area (Å²) in [6.07, 6.45) is -3.99. The van der Waals surface area contributed by atoms with Crippen LogP contribution >= 0.6 is 0 Å². The molecule has 4 rings (SSSR count). The number of halogens is 3. The molecule has 0 radical (unpaired) electrons. The first kappa shape index (κ1) is 22.3. The van der Waals surface area contributed by atoms with Crippen LogP contribution in [0.15, 0.2) is 78.9 Å². The topological polar surface area (TPSA) is 44.1 Å². The van der Waals surface area contributed by atoms with Crippen LogP contribution in [-0.4, -0.2) is 15.7 Å². The van der Waals surface area contributed by atoms with Crippen molar-refractivity contribution in [3.8, 4) is 34.0 Å². The van der Waals surface area contributed by atoms with Gasteiger partial charge in [-0.15, -0.1) is 0 Å². The minimum Gasteiger partial charge on any atom is -0.427 e. The zero-order valence-corrected chi connectivity index (χ0v) is 18.1. The van der Waals surface area contributed by atoms with Crippen LogP contribution in [0.2, 0.25) is 0 Å². The van der Waals surface area contributed by atoms with Crippen molar-refractivity contribution >= 4 is 5.97 Å². The number of para-hydroxylation sites is 1. The molecular weight excluding hydrogens is 429 g/mol. The van der Waals surface area contributed by atoms with Crippen LogP contribution in [0.25, 0.3) is 28.2 Å². The summed E-state index contributed by atoms with van der Waals surface area (Å²) in [7, 11) is 0. The van der Waals surface area contributed by atoms with E-state index < -0.39 is 17.7 Å². The standard InChI is InChI=1S/C26H21F3N2O2/c1-3-21-24(18-9-5-4-6-10-18)30-31(23-12-8-7-11-22(23)26(27,28)29)25(21)19-13-15-20(16-14-19)33-17(2)32/h4-16H,3H2,1-2H3. The van der Waals surface area contributed by atoms with Gasteiger partial charge in [0.05, 0.1) is 22.6 Å². The van der Waals surface area contributed by atoms with Gasteiger partial charge >= 0.3 is 12.1 Å². The minimum absolute atomic E-state index is 0.0547. The number of hydrogen-bond donors (Lipinski definition) is 0. The van der Waals surface area contributed by atoms with E-state index >= 15 is 0 Å². The second-order valence-electron chi connectivity index (χ2n) is 7.44. The Hall–Kier alpha value is -3.87. The van der Waals surface area contributed by atoms with E-state index in [4.69, 9.17) is 4.74 Å². The van der Waals surface area contributed by atoms with Gasteiger partial charge in [0.25, 0.3) is 0 Å².